The fourth-order valence-electron chi connectivity index (χ4n) is 4.91. The third kappa shape index (κ3) is 5.95. The van der Waals surface area contributed by atoms with Gasteiger partial charge in [0.05, 0.1) is 17.2 Å². The molecule has 0 aliphatic carbocycles. The summed E-state index contributed by atoms with van der Waals surface area (Å²) < 4.78 is 25.2. The summed E-state index contributed by atoms with van der Waals surface area (Å²) in [6, 6.07) is 18.3. The number of β-lactam (4-membered cyclic amide) rings is 1. The maximum absolute atomic E-state index is 14.1. The lowest BCUT2D eigenvalue weighted by Crippen LogP contribution is -2.63. The molecule has 3 amide bonds. The van der Waals surface area contributed by atoms with Crippen molar-refractivity contribution < 1.29 is 32.9 Å². The summed E-state index contributed by atoms with van der Waals surface area (Å²) in [5, 5.41) is 3.25. The molecule has 3 unspecified atom stereocenters. The van der Waals surface area contributed by atoms with E-state index in [1.807, 2.05) is 60.7 Å². The Hall–Kier alpha value is -4.25. The van der Waals surface area contributed by atoms with Crippen molar-refractivity contribution in [1.29, 1.82) is 0 Å². The maximum atomic E-state index is 14.1. The Kier molecular flexibility index (Phi) is 7.81. The van der Waals surface area contributed by atoms with E-state index < -0.39 is 51.2 Å². The number of fused-ring (bicyclic) bond motifs is 1. The summed E-state index contributed by atoms with van der Waals surface area (Å²) in [6.45, 7) is 5.46. The number of alkyl carbamates (subject to hydrolysis) is 1. The zero-order valence-corrected chi connectivity index (χ0v) is 23.7. The lowest BCUT2D eigenvalue weighted by atomic mass is 10.0. The maximum Gasteiger partial charge on any atom is 0.408 e. The van der Waals surface area contributed by atoms with Crippen molar-refractivity contribution in [2.24, 2.45) is 0 Å². The third-order valence-electron chi connectivity index (χ3n) is 6.78. The lowest BCUT2D eigenvalue weighted by molar-refractivity contribution is -0.152. The molecule has 10 nitrogen and oxygen atoms in total. The number of nitrogens with one attached hydrogen (secondary N) is 2. The molecule has 2 aromatic carbocycles. The molecule has 0 saturated carbocycles. The highest BCUT2D eigenvalue weighted by Crippen LogP contribution is 2.40. The molecule has 2 aromatic rings. The van der Waals surface area contributed by atoms with Gasteiger partial charge >= 0.3 is 12.1 Å². The van der Waals surface area contributed by atoms with Crippen LogP contribution in [0.4, 0.5) is 4.79 Å². The van der Waals surface area contributed by atoms with Gasteiger partial charge in [0.1, 0.15) is 22.0 Å². The van der Waals surface area contributed by atoms with Gasteiger partial charge in [0.2, 0.25) is 11.8 Å². The molecule has 3 aliphatic heterocycles. The molecule has 0 spiro atoms. The van der Waals surface area contributed by atoms with Crippen LogP contribution < -0.4 is 10.6 Å². The van der Waals surface area contributed by atoms with Crippen molar-refractivity contribution in [3.05, 3.63) is 94.7 Å². The van der Waals surface area contributed by atoms with Crippen LogP contribution >= 0.6 is 0 Å². The number of benzene rings is 2. The second-order valence-electron chi connectivity index (χ2n) is 10.9. The Labute approximate surface area is 240 Å². The molecule has 2 N–H and O–H groups in total. The number of hydrogen-bond donors (Lipinski definition) is 2. The first-order valence-corrected chi connectivity index (χ1v) is 14.6. The van der Waals surface area contributed by atoms with E-state index in [0.29, 0.717) is 29.7 Å². The Morgan fingerprint density at radius 3 is 2.17 bits per heavy atom. The number of rotatable bonds is 6. The van der Waals surface area contributed by atoms with E-state index in [-0.39, 0.29) is 23.6 Å². The average Bonchev–Trinajstić information content (AvgIpc) is 3.33. The van der Waals surface area contributed by atoms with E-state index in [0.717, 1.165) is 4.90 Å². The number of ether oxygens (including phenoxy) is 2. The smallest absolute Gasteiger partial charge is 0.408 e. The molecule has 11 heteroatoms. The highest BCUT2D eigenvalue weighted by atomic mass is 32.2. The van der Waals surface area contributed by atoms with Crippen LogP contribution in [-0.2, 0) is 34.7 Å². The first kappa shape index (κ1) is 28.3. The monoisotopic (exact) mass is 577 g/mol. The van der Waals surface area contributed by atoms with Gasteiger partial charge in [-0.25, -0.2) is 9.59 Å². The third-order valence-corrected chi connectivity index (χ3v) is 8.53. The fraction of sp³-hybridized carbons (Fsp3) is 0.333. The first-order chi connectivity index (χ1) is 19.5. The molecule has 2 saturated heterocycles. The minimum Gasteiger partial charge on any atom is -0.448 e. The van der Waals surface area contributed by atoms with Gasteiger partial charge in [-0.15, -0.1) is 0 Å². The second-order valence-corrected chi connectivity index (χ2v) is 12.5. The molecule has 0 aromatic heterocycles. The van der Waals surface area contributed by atoms with Crippen LogP contribution in [0.15, 0.2) is 83.6 Å². The van der Waals surface area contributed by atoms with E-state index in [2.05, 4.69) is 10.6 Å². The Bertz CT molecular complexity index is 1420. The van der Waals surface area contributed by atoms with Crippen molar-refractivity contribution >= 4 is 34.7 Å². The molecule has 2 fully saturated rings. The standard InChI is InChI=1S/C30H31N3O7S/c1-30(2,3)40-29(37)32-27-21(16-20-14-15-31-26(20)35)24(33-22(34)17-23(33)41(27)38)28(36)39-25(18-10-6-4-7-11-18)19-12-8-5-9-13-19/h4-13,16,23,25,27H,14-15,17H2,1-3H3,(H,31,35)(H,32,37). The normalized spacial score (nSPS) is 23.2. The molecule has 0 bridgehead atoms. The number of hydrogen-bond acceptors (Lipinski definition) is 7. The quantitative estimate of drug-likeness (QED) is 0.306. The average molecular weight is 578 g/mol. The molecule has 214 valence electrons. The van der Waals surface area contributed by atoms with Gasteiger partial charge < -0.3 is 20.1 Å². The van der Waals surface area contributed by atoms with E-state index in [4.69, 9.17) is 9.47 Å². The second kappa shape index (κ2) is 11.3. The van der Waals surface area contributed by atoms with Crippen molar-refractivity contribution in [3.8, 4) is 0 Å². The summed E-state index contributed by atoms with van der Waals surface area (Å²) >= 11 is 0. The summed E-state index contributed by atoms with van der Waals surface area (Å²) in [5.41, 5.74) is 0.792. The summed E-state index contributed by atoms with van der Waals surface area (Å²) in [7, 11) is -1.85. The van der Waals surface area contributed by atoms with Gasteiger partial charge in [-0.1, -0.05) is 60.7 Å². The van der Waals surface area contributed by atoms with Gasteiger partial charge in [-0.05, 0) is 44.4 Å². The van der Waals surface area contributed by atoms with Gasteiger partial charge in [-0.3, -0.25) is 18.7 Å². The van der Waals surface area contributed by atoms with Gasteiger partial charge in [0, 0.05) is 17.7 Å². The Morgan fingerprint density at radius 2 is 1.66 bits per heavy atom. The van der Waals surface area contributed by atoms with Gasteiger partial charge in [0.25, 0.3) is 0 Å². The van der Waals surface area contributed by atoms with Crippen molar-refractivity contribution in [2.75, 3.05) is 6.54 Å². The fourth-order valence-corrected chi connectivity index (χ4v) is 6.60. The summed E-state index contributed by atoms with van der Waals surface area (Å²) in [4.78, 5) is 53.4. The molecule has 5 rings (SSSR count). The van der Waals surface area contributed by atoms with Gasteiger partial charge in [-0.2, -0.15) is 0 Å². The molecular formula is C30H31N3O7S. The molecule has 0 radical (unpaired) electrons. The minimum absolute atomic E-state index is 0.0513. The number of amides is 3. The van der Waals surface area contributed by atoms with E-state index in [1.54, 1.807) is 20.8 Å². The van der Waals surface area contributed by atoms with E-state index in [9.17, 15) is 23.4 Å². The first-order valence-electron chi connectivity index (χ1n) is 13.3. The predicted octanol–water partition coefficient (Wildman–Crippen LogP) is 3.19. The van der Waals surface area contributed by atoms with Crippen molar-refractivity contribution in [2.45, 2.75) is 56.1 Å². The number of carbonyl (C=O) groups is 4. The minimum atomic E-state index is -1.85. The number of esters is 1. The van der Waals surface area contributed by atoms with Crippen LogP contribution in [0.25, 0.3) is 0 Å². The van der Waals surface area contributed by atoms with Crippen LogP contribution in [0.5, 0.6) is 0 Å². The van der Waals surface area contributed by atoms with Crippen molar-refractivity contribution in [1.82, 2.24) is 15.5 Å². The van der Waals surface area contributed by atoms with Gasteiger partial charge in [0.15, 0.2) is 6.10 Å². The zero-order chi connectivity index (χ0) is 29.3. The summed E-state index contributed by atoms with van der Waals surface area (Å²) in [5.74, 6) is -1.61. The Balaban J connectivity index is 1.61. The van der Waals surface area contributed by atoms with E-state index in [1.165, 1.54) is 6.08 Å². The Morgan fingerprint density at radius 1 is 1.05 bits per heavy atom. The van der Waals surface area contributed by atoms with Crippen molar-refractivity contribution in [3.63, 3.8) is 0 Å². The zero-order valence-electron chi connectivity index (χ0n) is 22.9. The highest BCUT2D eigenvalue weighted by Gasteiger charge is 2.53. The molecule has 3 atom stereocenters. The summed E-state index contributed by atoms with van der Waals surface area (Å²) in [6.07, 6.45) is 0.0492. The molecule has 3 heterocycles. The van der Waals surface area contributed by atoms with Crippen LogP contribution in [0, 0.1) is 0 Å². The van der Waals surface area contributed by atoms with E-state index >= 15 is 0 Å². The van der Waals surface area contributed by atoms with Crippen LogP contribution in [0.1, 0.15) is 50.8 Å². The number of carbonyl (C=O) groups excluding carboxylic acids is 4. The lowest BCUT2D eigenvalue weighted by Gasteiger charge is -2.46. The SMILES string of the molecule is CC(C)(C)OC(=O)NC1C(C=C2CCNC2=O)=C(C(=O)OC(c2ccccc2)c2ccccc2)N2C(=O)CC2S1=O. The van der Waals surface area contributed by atoms with Crippen LogP contribution in [0.3, 0.4) is 0 Å². The predicted molar refractivity (Wildman–Crippen MR) is 150 cm³/mol. The molecular weight excluding hydrogens is 546 g/mol. The topological polar surface area (TPSA) is 131 Å². The molecule has 41 heavy (non-hydrogen) atoms. The largest absolute Gasteiger partial charge is 0.448 e. The molecule has 3 aliphatic rings. The number of nitrogens with zero attached hydrogens (tertiary/aromatic N) is 1. The van der Waals surface area contributed by atoms with Crippen LogP contribution in [0.2, 0.25) is 0 Å². The highest BCUT2D eigenvalue weighted by molar-refractivity contribution is 7.86. The van der Waals surface area contributed by atoms with Crippen LogP contribution in [-0.4, -0.2) is 55.9 Å².